The first-order valence-electron chi connectivity index (χ1n) is 7.39. The van der Waals surface area contributed by atoms with Crippen LogP contribution in [0.25, 0.3) is 0 Å². The summed E-state index contributed by atoms with van der Waals surface area (Å²) in [6.07, 6.45) is -1.51. The number of amides is 2. The summed E-state index contributed by atoms with van der Waals surface area (Å²) in [4.78, 5) is 45.7. The Balaban J connectivity index is 1.98. The van der Waals surface area contributed by atoms with Gasteiger partial charge in [-0.2, -0.15) is 0 Å². The zero-order chi connectivity index (χ0) is 19.3. The number of para-hydroxylation sites is 1. The van der Waals surface area contributed by atoms with Gasteiger partial charge in [0.15, 0.2) is 6.10 Å². The lowest BCUT2D eigenvalue weighted by Crippen LogP contribution is -2.31. The highest BCUT2D eigenvalue weighted by molar-refractivity contribution is 7.14. The van der Waals surface area contributed by atoms with Crippen LogP contribution in [0, 0.1) is 10.1 Å². The molecule has 2 amide bonds. The number of nitrogens with zero attached hydrogens (tertiary/aromatic N) is 1. The molecule has 0 aliphatic carbocycles. The van der Waals surface area contributed by atoms with Gasteiger partial charge >= 0.3 is 5.97 Å². The summed E-state index contributed by atoms with van der Waals surface area (Å²) >= 11 is 1.10. The molecule has 1 atom stereocenters. The Morgan fingerprint density at radius 1 is 1.31 bits per heavy atom. The van der Waals surface area contributed by atoms with E-state index in [9.17, 15) is 24.5 Å². The number of carbonyl (C=O) groups excluding carboxylic acids is 3. The van der Waals surface area contributed by atoms with E-state index in [1.807, 2.05) is 0 Å². The fraction of sp³-hybridized carbons (Fsp3) is 0.188. The molecule has 0 spiro atoms. The van der Waals surface area contributed by atoms with E-state index in [4.69, 9.17) is 10.5 Å². The van der Waals surface area contributed by atoms with Crippen LogP contribution in [-0.4, -0.2) is 28.8 Å². The first-order chi connectivity index (χ1) is 12.3. The molecule has 0 aliphatic rings. The molecule has 1 unspecified atom stereocenters. The topological polar surface area (TPSA) is 142 Å². The zero-order valence-corrected chi connectivity index (χ0v) is 14.4. The first-order valence-corrected chi connectivity index (χ1v) is 8.27. The number of benzene rings is 1. The van der Waals surface area contributed by atoms with Crippen LogP contribution in [0.1, 0.15) is 22.8 Å². The van der Waals surface area contributed by atoms with E-state index < -0.39 is 28.8 Å². The standard InChI is InChI=1S/C16H15N3O6S/c1-9(15(22)18-16-11(14(17)21)6-7-26-16)25-13(20)8-10-4-2-3-5-12(10)19(23)24/h2-7,9H,8H2,1H3,(H2,17,21)(H,18,22). The summed E-state index contributed by atoms with van der Waals surface area (Å²) in [7, 11) is 0. The van der Waals surface area contributed by atoms with Crippen molar-refractivity contribution in [1.82, 2.24) is 0 Å². The lowest BCUT2D eigenvalue weighted by atomic mass is 10.1. The van der Waals surface area contributed by atoms with Gasteiger partial charge in [-0.05, 0) is 18.4 Å². The fourth-order valence-corrected chi connectivity index (χ4v) is 2.90. The number of nitro groups is 1. The number of nitrogens with two attached hydrogens (primary N) is 1. The lowest BCUT2D eigenvalue weighted by molar-refractivity contribution is -0.385. The molecule has 1 heterocycles. The highest BCUT2D eigenvalue weighted by Gasteiger charge is 2.22. The maximum atomic E-state index is 12.1. The van der Waals surface area contributed by atoms with E-state index in [0.717, 1.165) is 11.3 Å². The molecule has 0 bridgehead atoms. The van der Waals surface area contributed by atoms with E-state index in [0.29, 0.717) is 0 Å². The van der Waals surface area contributed by atoms with Gasteiger partial charge in [0.2, 0.25) is 0 Å². The number of esters is 1. The average molecular weight is 377 g/mol. The van der Waals surface area contributed by atoms with Gasteiger partial charge in [-0.3, -0.25) is 24.5 Å². The molecule has 10 heteroatoms. The third-order valence-corrected chi connectivity index (χ3v) is 4.20. The summed E-state index contributed by atoms with van der Waals surface area (Å²) in [5.74, 6) is -2.13. The molecule has 0 saturated heterocycles. The van der Waals surface area contributed by atoms with E-state index in [2.05, 4.69) is 5.32 Å². The van der Waals surface area contributed by atoms with Crippen molar-refractivity contribution >= 4 is 39.8 Å². The lowest BCUT2D eigenvalue weighted by Gasteiger charge is -2.13. The predicted octanol–water partition coefficient (Wildman–Crippen LogP) is 1.87. The van der Waals surface area contributed by atoms with Crippen molar-refractivity contribution in [3.63, 3.8) is 0 Å². The predicted molar refractivity (Wildman–Crippen MR) is 93.8 cm³/mol. The Kier molecular flexibility index (Phi) is 6.02. The summed E-state index contributed by atoms with van der Waals surface area (Å²) in [6, 6.07) is 7.23. The molecular formula is C16H15N3O6S. The number of hydrogen-bond donors (Lipinski definition) is 2. The number of thiophene rings is 1. The minimum atomic E-state index is -1.16. The van der Waals surface area contributed by atoms with E-state index >= 15 is 0 Å². The first kappa shape index (κ1) is 19.1. The number of ether oxygens (including phenoxy) is 1. The number of primary amides is 1. The summed E-state index contributed by atoms with van der Waals surface area (Å²) in [5, 5.41) is 15.3. The van der Waals surface area contributed by atoms with Crippen LogP contribution in [0.15, 0.2) is 35.7 Å². The van der Waals surface area contributed by atoms with Crippen LogP contribution in [0.3, 0.4) is 0 Å². The smallest absolute Gasteiger partial charge is 0.311 e. The number of nitrogens with one attached hydrogen (secondary N) is 1. The Labute approximate surface area is 151 Å². The zero-order valence-electron chi connectivity index (χ0n) is 13.6. The molecule has 136 valence electrons. The molecule has 1 aromatic carbocycles. The highest BCUT2D eigenvalue weighted by Crippen LogP contribution is 2.23. The van der Waals surface area contributed by atoms with Crippen molar-refractivity contribution in [2.24, 2.45) is 5.73 Å². The van der Waals surface area contributed by atoms with Crippen LogP contribution in [0.4, 0.5) is 10.7 Å². The Bertz CT molecular complexity index is 863. The Morgan fingerprint density at radius 2 is 2.00 bits per heavy atom. The third-order valence-electron chi connectivity index (χ3n) is 3.37. The summed E-state index contributed by atoms with van der Waals surface area (Å²) in [6.45, 7) is 1.35. The van der Waals surface area contributed by atoms with Gasteiger partial charge in [-0.25, -0.2) is 0 Å². The number of anilines is 1. The van der Waals surface area contributed by atoms with Gasteiger partial charge in [0.1, 0.15) is 5.00 Å². The maximum absolute atomic E-state index is 12.1. The van der Waals surface area contributed by atoms with Gasteiger partial charge in [0, 0.05) is 11.6 Å². The van der Waals surface area contributed by atoms with Crippen molar-refractivity contribution in [3.8, 4) is 0 Å². The molecule has 26 heavy (non-hydrogen) atoms. The molecule has 0 fully saturated rings. The van der Waals surface area contributed by atoms with E-state index in [-0.39, 0.29) is 28.2 Å². The van der Waals surface area contributed by atoms with Crippen LogP contribution in [0.5, 0.6) is 0 Å². The minimum Gasteiger partial charge on any atom is -0.452 e. The van der Waals surface area contributed by atoms with Crippen LogP contribution in [-0.2, 0) is 20.7 Å². The molecule has 1 aromatic heterocycles. The SMILES string of the molecule is CC(OC(=O)Cc1ccccc1[N+](=O)[O-])C(=O)Nc1sccc1C(N)=O. The molecular weight excluding hydrogens is 362 g/mol. The second-order valence-electron chi connectivity index (χ2n) is 5.21. The number of hydrogen-bond acceptors (Lipinski definition) is 7. The number of nitro benzene ring substituents is 1. The highest BCUT2D eigenvalue weighted by atomic mass is 32.1. The van der Waals surface area contributed by atoms with Gasteiger partial charge in [-0.15, -0.1) is 11.3 Å². The van der Waals surface area contributed by atoms with Crippen LogP contribution >= 0.6 is 11.3 Å². The molecule has 9 nitrogen and oxygen atoms in total. The second kappa shape index (κ2) is 8.21. The van der Waals surface area contributed by atoms with Gasteiger partial charge in [-0.1, -0.05) is 18.2 Å². The van der Waals surface area contributed by atoms with Crippen molar-refractivity contribution in [1.29, 1.82) is 0 Å². The minimum absolute atomic E-state index is 0.154. The molecule has 0 radical (unpaired) electrons. The molecule has 2 rings (SSSR count). The van der Waals surface area contributed by atoms with Crippen molar-refractivity contribution in [3.05, 3.63) is 57.0 Å². The van der Waals surface area contributed by atoms with Gasteiger partial charge < -0.3 is 15.8 Å². The molecule has 3 N–H and O–H groups in total. The van der Waals surface area contributed by atoms with Gasteiger partial charge in [0.25, 0.3) is 17.5 Å². The maximum Gasteiger partial charge on any atom is 0.311 e. The summed E-state index contributed by atoms with van der Waals surface area (Å²) in [5.41, 5.74) is 5.33. The quantitative estimate of drug-likeness (QED) is 0.428. The van der Waals surface area contributed by atoms with Crippen molar-refractivity contribution < 1.29 is 24.0 Å². The molecule has 2 aromatic rings. The van der Waals surface area contributed by atoms with Crippen LogP contribution in [0.2, 0.25) is 0 Å². The normalized spacial score (nSPS) is 11.4. The molecule has 0 aliphatic heterocycles. The number of rotatable bonds is 7. The average Bonchev–Trinajstić information content (AvgIpc) is 3.03. The van der Waals surface area contributed by atoms with Crippen LogP contribution < -0.4 is 11.1 Å². The fourth-order valence-electron chi connectivity index (χ4n) is 2.10. The monoisotopic (exact) mass is 377 g/mol. The van der Waals surface area contributed by atoms with E-state index in [1.54, 1.807) is 11.4 Å². The van der Waals surface area contributed by atoms with Crippen molar-refractivity contribution in [2.45, 2.75) is 19.4 Å². The second-order valence-corrected chi connectivity index (χ2v) is 6.13. The van der Waals surface area contributed by atoms with Crippen molar-refractivity contribution in [2.75, 3.05) is 5.32 Å². The van der Waals surface area contributed by atoms with E-state index in [1.165, 1.54) is 31.2 Å². The third kappa shape index (κ3) is 4.63. The van der Waals surface area contributed by atoms with Gasteiger partial charge in [0.05, 0.1) is 16.9 Å². The largest absolute Gasteiger partial charge is 0.452 e. The molecule has 0 saturated carbocycles. The number of carbonyl (C=O) groups is 3. The Hall–Kier alpha value is -3.27. The summed E-state index contributed by atoms with van der Waals surface area (Å²) < 4.78 is 5.01. The Morgan fingerprint density at radius 3 is 2.65 bits per heavy atom.